The SMILES string of the molecule is COC(=O)CC[C@@H]1CCC(=O)N1. The smallest absolute Gasteiger partial charge is 0.305 e. The topological polar surface area (TPSA) is 55.4 Å². The van der Waals surface area contributed by atoms with Crippen LogP contribution in [0.25, 0.3) is 0 Å². The molecule has 0 bridgehead atoms. The van der Waals surface area contributed by atoms with Gasteiger partial charge in [-0.1, -0.05) is 0 Å². The molecule has 4 nitrogen and oxygen atoms in total. The van der Waals surface area contributed by atoms with Crippen LogP contribution in [0.5, 0.6) is 0 Å². The van der Waals surface area contributed by atoms with Gasteiger partial charge in [0.25, 0.3) is 0 Å². The number of esters is 1. The average molecular weight is 171 g/mol. The summed E-state index contributed by atoms with van der Waals surface area (Å²) in [6.07, 6.45) is 2.52. The van der Waals surface area contributed by atoms with Crippen LogP contribution in [-0.4, -0.2) is 25.0 Å². The number of hydrogen-bond donors (Lipinski definition) is 1. The zero-order valence-corrected chi connectivity index (χ0v) is 7.13. The standard InChI is InChI=1S/C8H13NO3/c1-12-8(11)5-3-6-2-4-7(10)9-6/h6H,2-5H2,1H3,(H,9,10)/t6-/m0/s1. The molecular weight excluding hydrogens is 158 g/mol. The number of ether oxygens (including phenoxy) is 1. The molecule has 0 aromatic heterocycles. The highest BCUT2D eigenvalue weighted by Gasteiger charge is 2.20. The first-order chi connectivity index (χ1) is 5.72. The van der Waals surface area contributed by atoms with Gasteiger partial charge < -0.3 is 10.1 Å². The zero-order valence-electron chi connectivity index (χ0n) is 7.13. The molecule has 1 N–H and O–H groups in total. The Balaban J connectivity index is 2.16. The summed E-state index contributed by atoms with van der Waals surface area (Å²) in [5.41, 5.74) is 0. The first-order valence-electron chi connectivity index (χ1n) is 4.08. The van der Waals surface area contributed by atoms with E-state index < -0.39 is 0 Å². The summed E-state index contributed by atoms with van der Waals surface area (Å²) in [7, 11) is 1.37. The lowest BCUT2D eigenvalue weighted by atomic mass is 10.1. The van der Waals surface area contributed by atoms with Gasteiger partial charge in [0, 0.05) is 18.9 Å². The van der Waals surface area contributed by atoms with Crippen LogP contribution in [0.15, 0.2) is 0 Å². The van der Waals surface area contributed by atoms with E-state index >= 15 is 0 Å². The monoisotopic (exact) mass is 171 g/mol. The van der Waals surface area contributed by atoms with E-state index in [0.29, 0.717) is 19.3 Å². The van der Waals surface area contributed by atoms with Crippen molar-refractivity contribution in [2.24, 2.45) is 0 Å². The molecule has 0 unspecified atom stereocenters. The Morgan fingerprint density at radius 1 is 1.75 bits per heavy atom. The van der Waals surface area contributed by atoms with Gasteiger partial charge in [0.05, 0.1) is 7.11 Å². The number of hydrogen-bond acceptors (Lipinski definition) is 3. The van der Waals surface area contributed by atoms with Crippen molar-refractivity contribution in [1.29, 1.82) is 0 Å². The summed E-state index contributed by atoms with van der Waals surface area (Å²) < 4.78 is 4.49. The lowest BCUT2D eigenvalue weighted by Crippen LogP contribution is -2.25. The molecule has 1 atom stereocenters. The Morgan fingerprint density at radius 3 is 3.00 bits per heavy atom. The third-order valence-electron chi connectivity index (χ3n) is 2.01. The molecule has 1 fully saturated rings. The molecule has 0 aromatic carbocycles. The van der Waals surface area contributed by atoms with Crippen molar-refractivity contribution < 1.29 is 14.3 Å². The van der Waals surface area contributed by atoms with Crippen molar-refractivity contribution in [1.82, 2.24) is 5.32 Å². The van der Waals surface area contributed by atoms with Crippen molar-refractivity contribution in [2.45, 2.75) is 31.7 Å². The molecular formula is C8H13NO3. The molecule has 0 spiro atoms. The fourth-order valence-electron chi connectivity index (χ4n) is 1.29. The van der Waals surface area contributed by atoms with E-state index in [2.05, 4.69) is 10.1 Å². The predicted molar refractivity (Wildman–Crippen MR) is 42.4 cm³/mol. The first-order valence-corrected chi connectivity index (χ1v) is 4.08. The van der Waals surface area contributed by atoms with Crippen molar-refractivity contribution in [3.05, 3.63) is 0 Å². The van der Waals surface area contributed by atoms with E-state index in [9.17, 15) is 9.59 Å². The molecule has 12 heavy (non-hydrogen) atoms. The Labute approximate surface area is 71.3 Å². The summed E-state index contributed by atoms with van der Waals surface area (Å²) in [6.45, 7) is 0. The second-order valence-electron chi connectivity index (χ2n) is 2.92. The molecule has 0 saturated carbocycles. The Hall–Kier alpha value is -1.06. The van der Waals surface area contributed by atoms with Crippen molar-refractivity contribution in [3.63, 3.8) is 0 Å². The molecule has 1 amide bonds. The van der Waals surface area contributed by atoms with E-state index in [1.807, 2.05) is 0 Å². The fourth-order valence-corrected chi connectivity index (χ4v) is 1.29. The largest absolute Gasteiger partial charge is 0.469 e. The fraction of sp³-hybridized carbons (Fsp3) is 0.750. The summed E-state index contributed by atoms with van der Waals surface area (Å²) >= 11 is 0. The number of carbonyl (C=O) groups excluding carboxylic acids is 2. The van der Waals surface area contributed by atoms with Gasteiger partial charge in [0.1, 0.15) is 0 Å². The molecule has 1 saturated heterocycles. The van der Waals surface area contributed by atoms with Crippen molar-refractivity contribution in [2.75, 3.05) is 7.11 Å². The maximum atomic E-state index is 10.7. The second kappa shape index (κ2) is 4.09. The van der Waals surface area contributed by atoms with Crippen LogP contribution in [0.1, 0.15) is 25.7 Å². The molecule has 0 aromatic rings. The van der Waals surface area contributed by atoms with Gasteiger partial charge in [0.2, 0.25) is 5.91 Å². The van der Waals surface area contributed by atoms with Crippen LogP contribution < -0.4 is 5.32 Å². The van der Waals surface area contributed by atoms with Gasteiger partial charge in [-0.05, 0) is 12.8 Å². The van der Waals surface area contributed by atoms with Crippen molar-refractivity contribution >= 4 is 11.9 Å². The van der Waals surface area contributed by atoms with Gasteiger partial charge in [-0.15, -0.1) is 0 Å². The quantitative estimate of drug-likeness (QED) is 0.618. The van der Waals surface area contributed by atoms with Crippen LogP contribution in [0.4, 0.5) is 0 Å². The molecule has 0 radical (unpaired) electrons. The van der Waals surface area contributed by atoms with Gasteiger partial charge in [-0.3, -0.25) is 9.59 Å². The summed E-state index contributed by atoms with van der Waals surface area (Å²) in [4.78, 5) is 21.5. The number of rotatable bonds is 3. The third kappa shape index (κ3) is 2.53. The van der Waals surface area contributed by atoms with Gasteiger partial charge in [-0.25, -0.2) is 0 Å². The molecule has 1 rings (SSSR count). The lowest BCUT2D eigenvalue weighted by molar-refractivity contribution is -0.140. The molecule has 1 heterocycles. The van der Waals surface area contributed by atoms with E-state index in [1.54, 1.807) is 0 Å². The van der Waals surface area contributed by atoms with Crippen LogP contribution in [0.2, 0.25) is 0 Å². The van der Waals surface area contributed by atoms with Gasteiger partial charge in [-0.2, -0.15) is 0 Å². The van der Waals surface area contributed by atoms with E-state index in [4.69, 9.17) is 0 Å². The van der Waals surface area contributed by atoms with Crippen molar-refractivity contribution in [3.8, 4) is 0 Å². The highest BCUT2D eigenvalue weighted by Crippen LogP contribution is 2.11. The number of amides is 1. The van der Waals surface area contributed by atoms with E-state index in [1.165, 1.54) is 7.11 Å². The lowest BCUT2D eigenvalue weighted by Gasteiger charge is -2.07. The summed E-state index contributed by atoms with van der Waals surface area (Å²) in [6, 6.07) is 0.177. The maximum Gasteiger partial charge on any atom is 0.305 e. The maximum absolute atomic E-state index is 10.7. The van der Waals surface area contributed by atoms with Gasteiger partial charge in [0.15, 0.2) is 0 Å². The second-order valence-corrected chi connectivity index (χ2v) is 2.92. The van der Waals surface area contributed by atoms with Crippen LogP contribution in [0.3, 0.4) is 0 Å². The molecule has 4 heteroatoms. The van der Waals surface area contributed by atoms with E-state index in [0.717, 1.165) is 6.42 Å². The van der Waals surface area contributed by atoms with Crippen LogP contribution in [0, 0.1) is 0 Å². The molecule has 1 aliphatic rings. The predicted octanol–water partition coefficient (Wildman–Crippen LogP) is 0.218. The highest BCUT2D eigenvalue weighted by atomic mass is 16.5. The minimum absolute atomic E-state index is 0.0878. The van der Waals surface area contributed by atoms with E-state index in [-0.39, 0.29) is 17.9 Å². The average Bonchev–Trinajstić information content (AvgIpc) is 2.47. The molecule has 68 valence electrons. The Bertz CT molecular complexity index is 191. The van der Waals surface area contributed by atoms with Crippen LogP contribution >= 0.6 is 0 Å². The number of carbonyl (C=O) groups is 2. The molecule has 0 aliphatic carbocycles. The number of nitrogens with one attached hydrogen (secondary N) is 1. The normalized spacial score (nSPS) is 22.1. The number of methoxy groups -OCH3 is 1. The summed E-state index contributed by atoms with van der Waals surface area (Å²) in [5, 5.41) is 2.79. The first kappa shape index (κ1) is 9.03. The van der Waals surface area contributed by atoms with Crippen LogP contribution in [-0.2, 0) is 14.3 Å². The summed E-state index contributed by atoms with van der Waals surface area (Å²) in [5.74, 6) is -0.124. The Morgan fingerprint density at radius 2 is 2.50 bits per heavy atom. The van der Waals surface area contributed by atoms with Gasteiger partial charge >= 0.3 is 5.97 Å². The Kier molecular flexibility index (Phi) is 3.08. The minimum atomic E-state index is -0.212. The minimum Gasteiger partial charge on any atom is -0.469 e. The molecule has 1 aliphatic heterocycles. The zero-order chi connectivity index (χ0) is 8.97. The highest BCUT2D eigenvalue weighted by molar-refractivity contribution is 5.78. The third-order valence-corrected chi connectivity index (χ3v) is 2.01.